The predicted molar refractivity (Wildman–Crippen MR) is 44.3 cm³/mol. The minimum atomic E-state index is 1.18. The Balaban J connectivity index is 2.79. The van der Waals surface area contributed by atoms with Crippen molar-refractivity contribution in [2.75, 3.05) is 0 Å². The normalized spacial score (nSPS) is 18.2. The molecule has 9 heavy (non-hydrogen) atoms. The van der Waals surface area contributed by atoms with Crippen molar-refractivity contribution in [3.8, 4) is 0 Å². The average molecular weight is 118 g/mol. The van der Waals surface area contributed by atoms with Gasteiger partial charge in [-0.25, -0.2) is 0 Å². The summed E-state index contributed by atoms with van der Waals surface area (Å²) in [5.41, 5.74) is 2.68. The molecule has 0 N–H and O–H groups in total. The van der Waals surface area contributed by atoms with Crippen LogP contribution in [0.4, 0.5) is 0 Å². The summed E-state index contributed by atoms with van der Waals surface area (Å²) in [5.74, 6) is 1.92. The molecule has 0 saturated carbocycles. The van der Waals surface area contributed by atoms with E-state index < -0.39 is 0 Å². The van der Waals surface area contributed by atoms with Crippen LogP contribution in [0.1, 0.15) is 19.8 Å². The van der Waals surface area contributed by atoms with E-state index in [1.165, 1.54) is 24.0 Å². The van der Waals surface area contributed by atoms with Crippen LogP contribution in [0.5, 0.6) is 0 Å². The molecule has 1 rings (SSSR count). The van der Waals surface area contributed by atoms with Crippen LogP contribution in [0, 0.1) is 0 Å². The maximum absolute atomic E-state index is 3.73. The Morgan fingerprint density at radius 3 is 2.56 bits per heavy atom. The molecule has 0 aromatic heterocycles. The first-order valence-corrected chi connectivity index (χ1v) is 3.34. The van der Waals surface area contributed by atoms with Gasteiger partial charge in [-0.1, -0.05) is 0 Å². The summed E-state index contributed by atoms with van der Waals surface area (Å²) < 4.78 is 0. The van der Waals surface area contributed by atoms with Crippen LogP contribution < -0.4 is 0 Å². The van der Waals surface area contributed by atoms with Gasteiger partial charge in [-0.05, 0) is 0 Å². The van der Waals surface area contributed by atoms with Crippen molar-refractivity contribution in [3.05, 3.63) is 23.3 Å². The van der Waals surface area contributed by atoms with E-state index in [1.54, 1.807) is 0 Å². The summed E-state index contributed by atoms with van der Waals surface area (Å²) in [6.45, 7) is 2.13. The fourth-order valence-electron chi connectivity index (χ4n) is 1.06. The third kappa shape index (κ3) is 1.41. The van der Waals surface area contributed by atoms with Crippen molar-refractivity contribution in [3.63, 3.8) is 0 Å². The summed E-state index contributed by atoms with van der Waals surface area (Å²) >= 11 is 0. The van der Waals surface area contributed by atoms with Gasteiger partial charge in [-0.2, -0.15) is 0 Å². The van der Waals surface area contributed by atoms with E-state index in [9.17, 15) is 0 Å². The molecule has 1 heteroatoms. The van der Waals surface area contributed by atoms with Crippen molar-refractivity contribution >= 4 is 13.5 Å². The number of hydrogen-bond acceptors (Lipinski definition) is 0. The van der Waals surface area contributed by atoms with E-state index in [0.717, 1.165) is 0 Å². The number of rotatable bonds is 1. The van der Waals surface area contributed by atoms with E-state index >= 15 is 0 Å². The molecule has 0 aromatic carbocycles. The van der Waals surface area contributed by atoms with Gasteiger partial charge in [0.2, 0.25) is 0 Å². The van der Waals surface area contributed by atoms with Crippen molar-refractivity contribution in [1.82, 2.24) is 0 Å². The Morgan fingerprint density at radius 1 is 1.44 bits per heavy atom. The van der Waals surface area contributed by atoms with Gasteiger partial charge in [0.05, 0.1) is 0 Å². The van der Waals surface area contributed by atoms with Gasteiger partial charge in [0.15, 0.2) is 0 Å². The van der Waals surface area contributed by atoms with Crippen LogP contribution in [0.25, 0.3) is 0 Å². The van der Waals surface area contributed by atoms with Gasteiger partial charge in [0.25, 0.3) is 0 Å². The van der Waals surface area contributed by atoms with E-state index in [1.807, 2.05) is 5.97 Å². The Morgan fingerprint density at radius 2 is 2.11 bits per heavy atom. The molecular formula is C8H11B. The Bertz CT molecular complexity index is 175. The molecule has 0 aromatic rings. The van der Waals surface area contributed by atoms with Crippen molar-refractivity contribution in [2.24, 2.45) is 0 Å². The third-order valence-electron chi connectivity index (χ3n) is 1.66. The van der Waals surface area contributed by atoms with E-state index in [2.05, 4.69) is 26.6 Å². The topological polar surface area (TPSA) is 0 Å². The molecule has 0 radical (unpaired) electrons. The second-order valence-electron chi connectivity index (χ2n) is 2.33. The minimum absolute atomic E-state index is 1.18. The molecule has 0 fully saturated rings. The Labute approximate surface area is 57.3 Å². The van der Waals surface area contributed by atoms with Gasteiger partial charge in [0, 0.05) is 0 Å². The zero-order chi connectivity index (χ0) is 6.69. The number of hydrogen-bond donors (Lipinski definition) is 0. The van der Waals surface area contributed by atoms with Gasteiger partial charge >= 0.3 is 56.5 Å². The van der Waals surface area contributed by atoms with Crippen LogP contribution in [0.2, 0.25) is 0 Å². The molecule has 0 unspecified atom stereocenters. The van der Waals surface area contributed by atoms with Gasteiger partial charge in [-0.15, -0.1) is 0 Å². The first-order chi connectivity index (χ1) is 4.34. The van der Waals surface area contributed by atoms with Crippen LogP contribution >= 0.6 is 0 Å². The first-order valence-electron chi connectivity index (χ1n) is 3.34. The standard InChI is InChI=1S/C8H11B/c1-7-4-2-3-5-8(7)6-9/h4-6,9H,2-3H2,1H3. The average Bonchev–Trinajstić information content (AvgIpc) is 1.89. The first kappa shape index (κ1) is 6.53. The van der Waals surface area contributed by atoms with Crippen molar-refractivity contribution in [2.45, 2.75) is 19.8 Å². The molecule has 0 nitrogen and oxygen atoms in total. The van der Waals surface area contributed by atoms with Crippen LogP contribution in [-0.4, -0.2) is 13.5 Å². The molecule has 0 aliphatic heterocycles. The molecule has 0 spiro atoms. The SMILES string of the molecule is B=CC1=CCCC=C1C. The summed E-state index contributed by atoms with van der Waals surface area (Å²) in [6.07, 6.45) is 6.88. The van der Waals surface area contributed by atoms with Crippen LogP contribution in [0.3, 0.4) is 0 Å². The van der Waals surface area contributed by atoms with Crippen molar-refractivity contribution < 1.29 is 0 Å². The summed E-state index contributed by atoms with van der Waals surface area (Å²) in [6, 6.07) is 0. The zero-order valence-corrected chi connectivity index (χ0v) is 5.85. The molecule has 0 bridgehead atoms. The van der Waals surface area contributed by atoms with Gasteiger partial charge in [-0.3, -0.25) is 0 Å². The second-order valence-corrected chi connectivity index (χ2v) is 2.33. The molecule has 0 atom stereocenters. The summed E-state index contributed by atoms with van der Waals surface area (Å²) in [7, 11) is 3.73. The van der Waals surface area contributed by atoms with E-state index in [4.69, 9.17) is 0 Å². The Kier molecular flexibility index (Phi) is 2.04. The molecule has 46 valence electrons. The zero-order valence-electron chi connectivity index (χ0n) is 5.85. The van der Waals surface area contributed by atoms with Gasteiger partial charge < -0.3 is 0 Å². The molecule has 0 heterocycles. The summed E-state index contributed by atoms with van der Waals surface area (Å²) in [5, 5.41) is 0. The van der Waals surface area contributed by atoms with E-state index in [-0.39, 0.29) is 0 Å². The molecule has 1 aliphatic carbocycles. The van der Waals surface area contributed by atoms with Crippen molar-refractivity contribution in [1.29, 1.82) is 0 Å². The molecule has 0 saturated heterocycles. The predicted octanol–water partition coefficient (Wildman–Crippen LogP) is 1.36. The molecule has 1 aliphatic rings. The van der Waals surface area contributed by atoms with Gasteiger partial charge in [0.1, 0.15) is 0 Å². The molecule has 0 amide bonds. The Hall–Kier alpha value is -0.585. The van der Waals surface area contributed by atoms with Crippen LogP contribution in [-0.2, 0) is 0 Å². The third-order valence-corrected chi connectivity index (χ3v) is 1.66. The summed E-state index contributed by atoms with van der Waals surface area (Å²) in [4.78, 5) is 0. The number of allylic oxidation sites excluding steroid dienone is 4. The monoisotopic (exact) mass is 118 g/mol. The molecular weight excluding hydrogens is 107 g/mol. The van der Waals surface area contributed by atoms with E-state index in [0.29, 0.717) is 0 Å². The fraction of sp³-hybridized carbons (Fsp3) is 0.375. The fourth-order valence-corrected chi connectivity index (χ4v) is 1.06. The maximum atomic E-state index is 3.73. The second kappa shape index (κ2) is 2.81. The quantitative estimate of drug-likeness (QED) is 0.456. The van der Waals surface area contributed by atoms with Crippen LogP contribution in [0.15, 0.2) is 23.3 Å².